The Balaban J connectivity index is 0.773. The molecule has 0 radical (unpaired) electrons. The third-order valence-electron chi connectivity index (χ3n) is 25.6. The maximum absolute atomic E-state index is 15.4. The van der Waals surface area contributed by atoms with Crippen LogP contribution in [0.25, 0.3) is 11.1 Å². The fourth-order valence-corrected chi connectivity index (χ4v) is 25.0. The van der Waals surface area contributed by atoms with Crippen LogP contribution < -0.4 is 9.80 Å². The molecule has 7 heteroatoms. The smallest absolute Gasteiger partial charge is 0.123 e. The molecule has 11 aliphatic carbocycles. The van der Waals surface area contributed by atoms with Crippen molar-refractivity contribution in [2.24, 2.45) is 47.3 Å². The Morgan fingerprint density at radius 1 is 0.545 bits per heavy atom. The lowest BCUT2D eigenvalue weighted by Crippen LogP contribution is -2.42. The lowest BCUT2D eigenvalue weighted by molar-refractivity contribution is 0.226. The Hall–Kier alpha value is -8.78. The fourth-order valence-electron chi connectivity index (χ4n) is 20.8. The zero-order chi connectivity index (χ0) is 67.3. The van der Waals surface area contributed by atoms with Crippen LogP contribution >= 0.6 is 0 Å². The van der Waals surface area contributed by atoms with Gasteiger partial charge in [0.25, 0.3) is 0 Å². The van der Waals surface area contributed by atoms with Crippen LogP contribution in [-0.4, -0.2) is 8.07 Å². The molecule has 2 nitrogen and oxygen atoms in total. The van der Waals surface area contributed by atoms with Gasteiger partial charge in [-0.25, -0.2) is 17.6 Å². The molecule has 13 atom stereocenters. The zero-order valence-electron chi connectivity index (χ0n) is 57.0. The molecule has 498 valence electrons. The van der Waals surface area contributed by atoms with Gasteiger partial charge in [-0.15, -0.1) is 13.2 Å². The highest BCUT2D eigenvalue weighted by Crippen LogP contribution is 2.66. The summed E-state index contributed by atoms with van der Waals surface area (Å²) in [4.78, 5) is 4.81. The average Bonchev–Trinajstić information content (AvgIpc) is 1.52. The van der Waals surface area contributed by atoms with Gasteiger partial charge in [0.05, 0.1) is 13.9 Å². The van der Waals surface area contributed by atoms with Crippen molar-refractivity contribution in [3.05, 3.63) is 353 Å². The largest absolute Gasteiger partial charge is 0.315 e. The Labute approximate surface area is 584 Å². The van der Waals surface area contributed by atoms with E-state index in [4.69, 9.17) is 0 Å². The first kappa shape index (κ1) is 63.6. The second-order valence-corrected chi connectivity index (χ2v) is 35.7. The molecule has 1 fully saturated rings. The Morgan fingerprint density at radius 3 is 1.96 bits per heavy atom. The number of hydrogen-bond acceptors (Lipinski definition) is 2. The van der Waals surface area contributed by atoms with E-state index in [-0.39, 0.29) is 64.7 Å². The van der Waals surface area contributed by atoms with E-state index in [1.165, 1.54) is 55.7 Å². The summed E-state index contributed by atoms with van der Waals surface area (Å²) in [6.45, 7) is 13.3. The molecule has 0 spiro atoms. The van der Waals surface area contributed by atoms with Gasteiger partial charge >= 0.3 is 0 Å². The Bertz CT molecular complexity index is 4640. The number of nitrogens with zero attached hydrogens (tertiary/aromatic N) is 2. The quantitative estimate of drug-likeness (QED) is 0.0621. The first-order chi connectivity index (χ1) is 48.3. The summed E-state index contributed by atoms with van der Waals surface area (Å²) in [6, 6.07) is 37.6. The van der Waals surface area contributed by atoms with Gasteiger partial charge in [-0.3, -0.25) is 0 Å². The second kappa shape index (κ2) is 25.4. The van der Waals surface area contributed by atoms with Crippen LogP contribution in [0.4, 0.5) is 34.6 Å². The molecule has 5 aromatic carbocycles. The number of fused-ring (bicyclic) bond motifs is 9. The lowest BCUT2D eigenvalue weighted by atomic mass is 9.56. The van der Waals surface area contributed by atoms with Crippen LogP contribution in [0.1, 0.15) is 117 Å². The van der Waals surface area contributed by atoms with Gasteiger partial charge in [0.15, 0.2) is 0 Å². The van der Waals surface area contributed by atoms with Crippen LogP contribution in [0.2, 0.25) is 24.2 Å². The van der Waals surface area contributed by atoms with E-state index in [9.17, 15) is 0 Å². The van der Waals surface area contributed by atoms with E-state index in [0.717, 1.165) is 97.5 Å². The minimum absolute atomic E-state index is 0.00905. The third-order valence-corrected chi connectivity index (χ3v) is 30.2. The van der Waals surface area contributed by atoms with Crippen LogP contribution in [0, 0.1) is 59.0 Å². The summed E-state index contributed by atoms with van der Waals surface area (Å²) >= 11 is 0. The molecular formula is C92H88F4N2Si. The number of anilines is 3. The first-order valence-corrected chi connectivity index (χ1v) is 40.0. The SMILES string of the molecule is C=CC1C=CC(C2C=CC(C3(c4ccc(F)cc4)c4cc(N(C5=CC6C7C=C(N(C8=CC=C(F)CC8)c8ccc9c(c8)C(C8C=CC(C%10=CCC(C=C)CC%10)=CC8)(C8CC=C(F)CC8)c8ccccc8-9)C=CC7[Si](C)(C)C6C=C5)c5ccc(F)cc5)ccc4C4C=CCCC43)=CC2)=CC1. The zero-order valence-corrected chi connectivity index (χ0v) is 58.0. The molecule has 0 saturated carbocycles. The Morgan fingerprint density at radius 2 is 1.28 bits per heavy atom. The van der Waals surface area contributed by atoms with Crippen molar-refractivity contribution < 1.29 is 17.6 Å². The minimum Gasteiger partial charge on any atom is -0.315 e. The maximum Gasteiger partial charge on any atom is 0.123 e. The molecule has 5 aromatic rings. The molecule has 12 aliphatic rings. The van der Waals surface area contributed by atoms with Gasteiger partial charge in [-0.2, -0.15) is 0 Å². The van der Waals surface area contributed by atoms with E-state index in [2.05, 4.69) is 212 Å². The van der Waals surface area contributed by atoms with E-state index >= 15 is 17.6 Å². The maximum atomic E-state index is 15.4. The van der Waals surface area contributed by atoms with Gasteiger partial charge in [-0.05, 0) is 276 Å². The van der Waals surface area contributed by atoms with Crippen molar-refractivity contribution >= 4 is 25.1 Å². The molecule has 17 rings (SSSR count). The summed E-state index contributed by atoms with van der Waals surface area (Å²) in [7, 11) is -2.08. The van der Waals surface area contributed by atoms with Gasteiger partial charge in [0.1, 0.15) is 17.5 Å². The molecule has 0 aromatic heterocycles. The van der Waals surface area contributed by atoms with E-state index in [0.29, 0.717) is 48.6 Å². The van der Waals surface area contributed by atoms with Crippen molar-refractivity contribution in [1.82, 2.24) is 0 Å². The number of benzene rings is 5. The predicted molar refractivity (Wildman–Crippen MR) is 403 cm³/mol. The van der Waals surface area contributed by atoms with Crippen LogP contribution in [0.15, 0.2) is 313 Å². The standard InChI is InChI=1S/C92H88F4N2Si/c1-5-59-15-19-61(20-16-59)63-23-27-65(28-24-63)91(67-31-35-69(93)36-32-67)85-13-9-7-11-79(85)81-51-47-77(57-87(81)91)97(73-43-39-71(95)40-44-73)75-49-53-89-83(55-75)84-56-76(50-54-90(84)99(89,3)4)98(74-45-41-72(96)42-46-74)78-48-52-82-80-12-8-10-14-86(80)92(88(82)58-78,68-33-37-70(94)38-34-68)66-29-25-64(26-30-66)62-21-17-60(6-2)18-22-62/h5-9,11-13,17,19,21-25,27,29-30,33-35,37-39,41-43,45-60,64-65,67,80,83-84,86,89-90H,1-2,10,14-16,18,20,26,28,31-32,36,40,44H2,3-4H3. The summed E-state index contributed by atoms with van der Waals surface area (Å²) in [5, 5.41) is 0. The highest BCUT2D eigenvalue weighted by atomic mass is 28.3. The van der Waals surface area contributed by atoms with Crippen LogP contribution in [0.3, 0.4) is 0 Å². The molecular weight excluding hydrogens is 1240 g/mol. The van der Waals surface area contributed by atoms with E-state index in [1.807, 2.05) is 42.5 Å². The number of halogens is 4. The highest BCUT2D eigenvalue weighted by Gasteiger charge is 2.58. The van der Waals surface area contributed by atoms with Crippen LogP contribution in [0.5, 0.6) is 0 Å². The minimum atomic E-state index is -2.08. The summed E-state index contributed by atoms with van der Waals surface area (Å²) in [6.07, 6.45) is 64.0. The molecule has 0 N–H and O–H groups in total. The third kappa shape index (κ3) is 10.6. The van der Waals surface area contributed by atoms with Gasteiger partial charge in [0.2, 0.25) is 0 Å². The van der Waals surface area contributed by atoms with E-state index < -0.39 is 18.9 Å². The van der Waals surface area contributed by atoms with Crippen molar-refractivity contribution in [2.45, 2.75) is 124 Å². The van der Waals surface area contributed by atoms with E-state index in [1.54, 1.807) is 30.3 Å². The number of hydrogen-bond donors (Lipinski definition) is 0. The van der Waals surface area contributed by atoms with Gasteiger partial charge in [-0.1, -0.05) is 177 Å². The van der Waals surface area contributed by atoms with Crippen molar-refractivity contribution in [2.75, 3.05) is 9.80 Å². The molecule has 0 amide bonds. The topological polar surface area (TPSA) is 6.48 Å². The Kier molecular flexibility index (Phi) is 16.4. The fraction of sp³-hybridized carbons (Fsp3) is 0.304. The van der Waals surface area contributed by atoms with Crippen molar-refractivity contribution in [1.29, 1.82) is 0 Å². The second-order valence-electron chi connectivity index (χ2n) is 30.8. The highest BCUT2D eigenvalue weighted by molar-refractivity contribution is 6.82. The molecule has 1 heterocycles. The van der Waals surface area contributed by atoms with Crippen molar-refractivity contribution in [3.8, 4) is 11.1 Å². The lowest BCUT2D eigenvalue weighted by Gasteiger charge is -2.46. The summed E-state index contributed by atoms with van der Waals surface area (Å²) < 4.78 is 61.5. The summed E-state index contributed by atoms with van der Waals surface area (Å²) in [5.41, 5.74) is 19.8. The predicted octanol–water partition coefficient (Wildman–Crippen LogP) is 24.6. The van der Waals surface area contributed by atoms with Crippen LogP contribution in [-0.2, 0) is 10.8 Å². The normalized spacial score (nSPS) is 31.1. The number of rotatable bonds is 14. The molecule has 1 aliphatic heterocycles. The molecule has 99 heavy (non-hydrogen) atoms. The number of allylic oxidation sites excluding steroid dienone is 30. The van der Waals surface area contributed by atoms with Gasteiger partial charge < -0.3 is 9.80 Å². The summed E-state index contributed by atoms with van der Waals surface area (Å²) in [5.74, 6) is 1.37. The van der Waals surface area contributed by atoms with Gasteiger partial charge in [0, 0.05) is 63.2 Å². The average molecular weight is 1330 g/mol. The van der Waals surface area contributed by atoms with Crippen molar-refractivity contribution in [3.63, 3.8) is 0 Å². The molecule has 1 saturated heterocycles. The molecule has 0 bridgehead atoms. The monoisotopic (exact) mass is 1320 g/mol. The first-order valence-electron chi connectivity index (χ1n) is 36.8. The molecule has 13 unspecified atom stereocenters.